The standard InChI is InChI=1S/C14H15NO2/c1-4-10-15(14(16)12(2)3)17-11-13-8-6-5-7-9-13/h1,5-9H,2,10-11H2,3H3. The van der Waals surface area contributed by atoms with Gasteiger partial charge in [-0.15, -0.1) is 6.42 Å². The SMILES string of the molecule is C#CCN(OCc1ccccc1)C(=O)C(=C)C. The van der Waals surface area contributed by atoms with Crippen molar-refractivity contribution < 1.29 is 9.63 Å². The number of hydrogen-bond donors (Lipinski definition) is 0. The highest BCUT2D eigenvalue weighted by atomic mass is 16.7. The van der Waals surface area contributed by atoms with Crippen LogP contribution in [0.5, 0.6) is 0 Å². The third-order valence-electron chi connectivity index (χ3n) is 2.06. The number of amides is 1. The number of carbonyl (C=O) groups excluding carboxylic acids is 1. The molecule has 1 amide bonds. The number of carbonyl (C=O) groups is 1. The number of hydrogen-bond acceptors (Lipinski definition) is 2. The Balaban J connectivity index is 2.60. The lowest BCUT2D eigenvalue weighted by molar-refractivity contribution is -0.182. The van der Waals surface area contributed by atoms with Crippen molar-refractivity contribution in [3.8, 4) is 12.3 Å². The molecule has 0 heterocycles. The fraction of sp³-hybridized carbons (Fsp3) is 0.214. The van der Waals surface area contributed by atoms with Crippen molar-refractivity contribution in [2.75, 3.05) is 6.54 Å². The zero-order valence-electron chi connectivity index (χ0n) is 9.85. The summed E-state index contributed by atoms with van der Waals surface area (Å²) in [6, 6.07) is 9.57. The second kappa shape index (κ2) is 6.51. The number of nitrogens with zero attached hydrogens (tertiary/aromatic N) is 1. The van der Waals surface area contributed by atoms with Crippen molar-refractivity contribution in [3.05, 3.63) is 48.0 Å². The number of benzene rings is 1. The Labute approximate surface area is 102 Å². The van der Waals surface area contributed by atoms with Gasteiger partial charge in [0.2, 0.25) is 0 Å². The van der Waals surface area contributed by atoms with Crippen LogP contribution in [-0.4, -0.2) is 17.5 Å². The molecule has 0 aliphatic rings. The first-order valence-electron chi connectivity index (χ1n) is 5.23. The first-order chi connectivity index (χ1) is 8.15. The van der Waals surface area contributed by atoms with E-state index in [4.69, 9.17) is 11.3 Å². The lowest BCUT2D eigenvalue weighted by Gasteiger charge is -2.19. The highest BCUT2D eigenvalue weighted by Crippen LogP contribution is 2.05. The van der Waals surface area contributed by atoms with Crippen LogP contribution in [0.15, 0.2) is 42.5 Å². The molecule has 1 aromatic carbocycles. The smallest absolute Gasteiger partial charge is 0.267 e. The number of terminal acetylenes is 1. The zero-order chi connectivity index (χ0) is 12.7. The van der Waals surface area contributed by atoms with Crippen molar-refractivity contribution >= 4 is 5.91 Å². The monoisotopic (exact) mass is 229 g/mol. The predicted molar refractivity (Wildman–Crippen MR) is 66.6 cm³/mol. The van der Waals surface area contributed by atoms with Gasteiger partial charge in [0.15, 0.2) is 0 Å². The molecule has 0 N–H and O–H groups in total. The number of hydroxylamine groups is 2. The largest absolute Gasteiger partial charge is 0.273 e. The summed E-state index contributed by atoms with van der Waals surface area (Å²) in [4.78, 5) is 17.0. The predicted octanol–water partition coefficient (Wildman–Crippen LogP) is 2.16. The molecule has 0 spiro atoms. The molecule has 0 saturated heterocycles. The molecule has 0 aliphatic carbocycles. The van der Waals surface area contributed by atoms with Crippen LogP contribution in [0.4, 0.5) is 0 Å². The molecule has 0 unspecified atom stereocenters. The van der Waals surface area contributed by atoms with E-state index in [1.807, 2.05) is 30.3 Å². The summed E-state index contributed by atoms with van der Waals surface area (Å²) < 4.78 is 0. The molecule has 0 radical (unpaired) electrons. The molecule has 0 bridgehead atoms. The topological polar surface area (TPSA) is 29.5 Å². The van der Waals surface area contributed by atoms with Gasteiger partial charge in [0.25, 0.3) is 5.91 Å². The van der Waals surface area contributed by atoms with Crippen molar-refractivity contribution in [1.29, 1.82) is 0 Å². The van der Waals surface area contributed by atoms with Crippen LogP contribution in [0.25, 0.3) is 0 Å². The van der Waals surface area contributed by atoms with E-state index >= 15 is 0 Å². The molecular weight excluding hydrogens is 214 g/mol. The van der Waals surface area contributed by atoms with E-state index < -0.39 is 0 Å². The molecule has 17 heavy (non-hydrogen) atoms. The van der Waals surface area contributed by atoms with E-state index in [1.165, 1.54) is 0 Å². The van der Waals surface area contributed by atoms with Crippen LogP contribution in [-0.2, 0) is 16.2 Å². The van der Waals surface area contributed by atoms with E-state index in [0.29, 0.717) is 12.2 Å². The first kappa shape index (κ1) is 13.0. The maximum Gasteiger partial charge on any atom is 0.273 e. The van der Waals surface area contributed by atoms with Gasteiger partial charge in [-0.2, -0.15) is 0 Å². The molecule has 88 valence electrons. The van der Waals surface area contributed by atoms with Gasteiger partial charge in [-0.3, -0.25) is 9.63 Å². The highest BCUT2D eigenvalue weighted by molar-refractivity contribution is 5.91. The molecule has 0 fully saturated rings. The second-order valence-corrected chi connectivity index (χ2v) is 3.59. The lowest BCUT2D eigenvalue weighted by Crippen LogP contribution is -2.31. The minimum atomic E-state index is -0.293. The van der Waals surface area contributed by atoms with Crippen LogP contribution in [0.2, 0.25) is 0 Å². The van der Waals surface area contributed by atoms with Gasteiger partial charge in [0.1, 0.15) is 13.2 Å². The molecule has 3 heteroatoms. The number of rotatable bonds is 5. The Morgan fingerprint density at radius 1 is 1.47 bits per heavy atom. The van der Waals surface area contributed by atoms with Crippen LogP contribution < -0.4 is 0 Å². The van der Waals surface area contributed by atoms with E-state index in [0.717, 1.165) is 10.6 Å². The third kappa shape index (κ3) is 4.13. The van der Waals surface area contributed by atoms with Crippen LogP contribution in [0.1, 0.15) is 12.5 Å². The Bertz CT molecular complexity index is 431. The first-order valence-corrected chi connectivity index (χ1v) is 5.23. The molecule has 0 aromatic heterocycles. The summed E-state index contributed by atoms with van der Waals surface area (Å²) in [5.41, 5.74) is 1.37. The van der Waals surface area contributed by atoms with Crippen molar-refractivity contribution in [1.82, 2.24) is 5.06 Å². The lowest BCUT2D eigenvalue weighted by atomic mass is 10.2. The van der Waals surface area contributed by atoms with Crippen molar-refractivity contribution in [2.24, 2.45) is 0 Å². The maximum atomic E-state index is 11.7. The van der Waals surface area contributed by atoms with Crippen molar-refractivity contribution in [3.63, 3.8) is 0 Å². The summed E-state index contributed by atoms with van der Waals surface area (Å²) in [6.07, 6.45) is 5.18. The molecule has 1 aromatic rings. The summed E-state index contributed by atoms with van der Waals surface area (Å²) in [6.45, 7) is 5.61. The van der Waals surface area contributed by atoms with E-state index in [-0.39, 0.29) is 12.5 Å². The summed E-state index contributed by atoms with van der Waals surface area (Å²) in [5.74, 6) is 2.09. The van der Waals surface area contributed by atoms with Gasteiger partial charge in [-0.1, -0.05) is 42.8 Å². The van der Waals surface area contributed by atoms with Gasteiger partial charge >= 0.3 is 0 Å². The minimum absolute atomic E-state index is 0.110. The Morgan fingerprint density at radius 2 is 2.12 bits per heavy atom. The maximum absolute atomic E-state index is 11.7. The van der Waals surface area contributed by atoms with Crippen molar-refractivity contribution in [2.45, 2.75) is 13.5 Å². The van der Waals surface area contributed by atoms with Gasteiger partial charge in [-0.05, 0) is 12.5 Å². The molecule has 0 saturated carbocycles. The quantitative estimate of drug-likeness (QED) is 0.440. The highest BCUT2D eigenvalue weighted by Gasteiger charge is 2.13. The normalized spacial score (nSPS) is 9.41. The summed E-state index contributed by atoms with van der Waals surface area (Å²) >= 11 is 0. The van der Waals surface area contributed by atoms with Gasteiger partial charge in [-0.25, -0.2) is 5.06 Å². The molecule has 3 nitrogen and oxygen atoms in total. The van der Waals surface area contributed by atoms with Gasteiger partial charge in [0, 0.05) is 5.57 Å². The molecule has 0 aliphatic heterocycles. The molecular formula is C14H15NO2. The Kier molecular flexibility index (Phi) is 4.99. The average Bonchev–Trinajstić information content (AvgIpc) is 2.34. The molecule has 1 rings (SSSR count). The fourth-order valence-corrected chi connectivity index (χ4v) is 1.20. The van der Waals surface area contributed by atoms with E-state index in [9.17, 15) is 4.79 Å². The van der Waals surface area contributed by atoms with Gasteiger partial charge in [0.05, 0.1) is 0 Å². The summed E-state index contributed by atoms with van der Waals surface area (Å²) in [7, 11) is 0. The fourth-order valence-electron chi connectivity index (χ4n) is 1.20. The molecule has 0 atom stereocenters. The van der Waals surface area contributed by atoms with E-state index in [1.54, 1.807) is 6.92 Å². The van der Waals surface area contributed by atoms with Crippen LogP contribution in [0.3, 0.4) is 0 Å². The Hall–Kier alpha value is -2.05. The van der Waals surface area contributed by atoms with Crippen LogP contribution in [0, 0.1) is 12.3 Å². The van der Waals surface area contributed by atoms with E-state index in [2.05, 4.69) is 12.5 Å². The Morgan fingerprint density at radius 3 is 2.65 bits per heavy atom. The van der Waals surface area contributed by atoms with Gasteiger partial charge < -0.3 is 0 Å². The summed E-state index contributed by atoms with van der Waals surface area (Å²) in [5, 5.41) is 1.15. The second-order valence-electron chi connectivity index (χ2n) is 3.59. The average molecular weight is 229 g/mol. The minimum Gasteiger partial charge on any atom is -0.267 e. The zero-order valence-corrected chi connectivity index (χ0v) is 9.85. The van der Waals surface area contributed by atoms with Crippen LogP contribution >= 0.6 is 0 Å². The third-order valence-corrected chi connectivity index (χ3v) is 2.06.